The molecule has 0 aliphatic heterocycles. The van der Waals surface area contributed by atoms with E-state index in [4.69, 9.17) is 0 Å². The monoisotopic (exact) mass is 305 g/mol. The van der Waals surface area contributed by atoms with E-state index in [-0.39, 0.29) is 17.7 Å². The number of alkyl halides is 3. The maximum Gasteiger partial charge on any atom is 0.393 e. The molecule has 6 heteroatoms. The van der Waals surface area contributed by atoms with Crippen molar-refractivity contribution in [3.8, 4) is 5.75 Å². The highest BCUT2D eigenvalue weighted by Crippen LogP contribution is 2.39. The molecule has 1 aliphatic carbocycles. The second-order valence-corrected chi connectivity index (χ2v) is 5.63. The number of rotatable bonds is 3. The van der Waals surface area contributed by atoms with Crippen LogP contribution in [-0.4, -0.2) is 17.3 Å². The molecule has 1 aromatic carbocycles. The average molecular weight is 305 g/mol. The molecule has 118 valence electrons. The van der Waals surface area contributed by atoms with Gasteiger partial charge in [-0.05, 0) is 38.0 Å². The van der Waals surface area contributed by atoms with Gasteiger partial charge in [0.1, 0.15) is 11.6 Å². The van der Waals surface area contributed by atoms with Crippen molar-refractivity contribution in [1.29, 1.82) is 0 Å². The van der Waals surface area contributed by atoms with Crippen LogP contribution in [0.2, 0.25) is 0 Å². The van der Waals surface area contributed by atoms with Crippen LogP contribution >= 0.6 is 0 Å². The predicted octanol–water partition coefficient (Wildman–Crippen LogP) is 4.30. The van der Waals surface area contributed by atoms with E-state index in [0.717, 1.165) is 18.6 Å². The van der Waals surface area contributed by atoms with Gasteiger partial charge in [-0.3, -0.25) is 0 Å². The van der Waals surface area contributed by atoms with E-state index in [1.54, 1.807) is 6.92 Å². The summed E-state index contributed by atoms with van der Waals surface area (Å²) >= 11 is 0. The first kappa shape index (κ1) is 16.1. The number of hydrogen-bond acceptors (Lipinski definition) is 2. The zero-order valence-corrected chi connectivity index (χ0v) is 11.8. The van der Waals surface area contributed by atoms with Crippen LogP contribution in [0.5, 0.6) is 5.75 Å². The lowest BCUT2D eigenvalue weighted by Crippen LogP contribution is -2.46. The summed E-state index contributed by atoms with van der Waals surface area (Å²) in [6.45, 7) is 1.64. The van der Waals surface area contributed by atoms with Gasteiger partial charge in [0.15, 0.2) is 0 Å². The number of hydrogen-bond donors (Lipinski definition) is 2. The van der Waals surface area contributed by atoms with Crippen molar-refractivity contribution in [2.75, 3.05) is 0 Å². The van der Waals surface area contributed by atoms with Crippen molar-refractivity contribution in [2.45, 2.75) is 50.9 Å². The van der Waals surface area contributed by atoms with Gasteiger partial charge in [-0.2, -0.15) is 13.2 Å². The quantitative estimate of drug-likeness (QED) is 0.816. The summed E-state index contributed by atoms with van der Waals surface area (Å²) in [6.07, 6.45) is -2.37. The van der Waals surface area contributed by atoms with Crippen molar-refractivity contribution in [2.24, 2.45) is 5.92 Å². The lowest BCUT2D eigenvalue weighted by molar-refractivity contribution is -0.189. The lowest BCUT2D eigenvalue weighted by Gasteiger charge is -2.35. The van der Waals surface area contributed by atoms with Crippen LogP contribution in [0, 0.1) is 11.7 Å². The highest BCUT2D eigenvalue weighted by atomic mass is 19.4. The fourth-order valence-electron chi connectivity index (χ4n) is 3.01. The van der Waals surface area contributed by atoms with Gasteiger partial charge in [-0.15, -0.1) is 0 Å². The molecule has 0 bridgehead atoms. The van der Waals surface area contributed by atoms with Gasteiger partial charge >= 0.3 is 6.18 Å². The second kappa shape index (κ2) is 6.22. The summed E-state index contributed by atoms with van der Waals surface area (Å²) in [5.74, 6) is -2.02. The molecule has 2 rings (SSSR count). The largest absolute Gasteiger partial charge is 0.508 e. The Kier molecular flexibility index (Phi) is 4.76. The average Bonchev–Trinajstić information content (AvgIpc) is 2.41. The third-order valence-corrected chi connectivity index (χ3v) is 4.11. The molecular formula is C15H19F4NO. The highest BCUT2D eigenvalue weighted by molar-refractivity contribution is 5.35. The molecule has 0 amide bonds. The van der Waals surface area contributed by atoms with Gasteiger partial charge < -0.3 is 10.4 Å². The Morgan fingerprint density at radius 2 is 1.90 bits per heavy atom. The molecule has 0 aromatic heterocycles. The normalized spacial score (nSPS) is 24.8. The fourth-order valence-corrected chi connectivity index (χ4v) is 3.01. The molecule has 1 aromatic rings. The van der Waals surface area contributed by atoms with E-state index in [0.29, 0.717) is 12.8 Å². The second-order valence-electron chi connectivity index (χ2n) is 5.63. The van der Waals surface area contributed by atoms with Crippen molar-refractivity contribution >= 4 is 0 Å². The van der Waals surface area contributed by atoms with Crippen LogP contribution in [0.3, 0.4) is 0 Å². The molecule has 2 nitrogen and oxygen atoms in total. The molecule has 21 heavy (non-hydrogen) atoms. The minimum absolute atomic E-state index is 0.114. The van der Waals surface area contributed by atoms with E-state index in [1.165, 1.54) is 6.07 Å². The molecule has 3 atom stereocenters. The van der Waals surface area contributed by atoms with E-state index in [9.17, 15) is 22.7 Å². The number of nitrogens with one attached hydrogen (secondary N) is 1. The van der Waals surface area contributed by atoms with E-state index in [1.807, 2.05) is 0 Å². The number of halogens is 4. The number of phenolic OH excluding ortho intramolecular Hbond substituents is 1. The minimum Gasteiger partial charge on any atom is -0.508 e. The summed E-state index contributed by atoms with van der Waals surface area (Å²) < 4.78 is 52.3. The molecule has 0 heterocycles. The summed E-state index contributed by atoms with van der Waals surface area (Å²) in [5.41, 5.74) is 0.279. The molecule has 0 spiro atoms. The van der Waals surface area contributed by atoms with Gasteiger partial charge in [-0.1, -0.05) is 12.8 Å². The third-order valence-electron chi connectivity index (χ3n) is 4.11. The Balaban J connectivity index is 2.13. The maximum absolute atomic E-state index is 13.2. The first-order chi connectivity index (χ1) is 9.79. The summed E-state index contributed by atoms with van der Waals surface area (Å²) in [6, 6.07) is 2.23. The molecule has 1 aliphatic rings. The first-order valence-electron chi connectivity index (χ1n) is 7.10. The van der Waals surface area contributed by atoms with Gasteiger partial charge in [0.05, 0.1) is 5.92 Å². The van der Waals surface area contributed by atoms with Gasteiger partial charge in [0.25, 0.3) is 0 Å². The fraction of sp³-hybridized carbons (Fsp3) is 0.600. The van der Waals surface area contributed by atoms with Gasteiger partial charge in [0.2, 0.25) is 0 Å². The van der Waals surface area contributed by atoms with E-state index in [2.05, 4.69) is 5.32 Å². The van der Waals surface area contributed by atoms with Crippen molar-refractivity contribution < 1.29 is 22.7 Å². The van der Waals surface area contributed by atoms with E-state index < -0.39 is 30.0 Å². The highest BCUT2D eigenvalue weighted by Gasteiger charge is 2.45. The molecular weight excluding hydrogens is 286 g/mol. The predicted molar refractivity (Wildman–Crippen MR) is 71.4 cm³/mol. The summed E-state index contributed by atoms with van der Waals surface area (Å²) in [4.78, 5) is 0. The summed E-state index contributed by atoms with van der Waals surface area (Å²) in [7, 11) is 0. The molecule has 0 radical (unpaired) electrons. The van der Waals surface area contributed by atoms with Crippen LogP contribution in [-0.2, 0) is 0 Å². The van der Waals surface area contributed by atoms with Crippen LogP contribution in [0.4, 0.5) is 17.6 Å². The van der Waals surface area contributed by atoms with Crippen LogP contribution in [0.25, 0.3) is 0 Å². The molecule has 1 saturated carbocycles. The third kappa shape index (κ3) is 3.87. The summed E-state index contributed by atoms with van der Waals surface area (Å²) in [5, 5.41) is 12.6. The maximum atomic E-state index is 13.2. The van der Waals surface area contributed by atoms with Crippen molar-refractivity contribution in [3.63, 3.8) is 0 Å². The van der Waals surface area contributed by atoms with Crippen molar-refractivity contribution in [1.82, 2.24) is 5.32 Å². The standard InChI is InChI=1S/C15H19F4NO/c1-9(11-8-10(16)6-7-14(11)21)20-13-5-3-2-4-12(13)15(17,18)19/h6-9,12-13,20-21H,2-5H2,1H3. The van der Waals surface area contributed by atoms with Gasteiger partial charge in [0, 0.05) is 17.6 Å². The molecule has 1 fully saturated rings. The van der Waals surface area contributed by atoms with Crippen molar-refractivity contribution in [3.05, 3.63) is 29.6 Å². The Labute approximate surface area is 121 Å². The van der Waals surface area contributed by atoms with Gasteiger partial charge in [-0.25, -0.2) is 4.39 Å². The van der Waals surface area contributed by atoms with Crippen LogP contribution in [0.1, 0.15) is 44.2 Å². The number of phenols is 1. The van der Waals surface area contributed by atoms with E-state index >= 15 is 0 Å². The van der Waals surface area contributed by atoms with Crippen LogP contribution in [0.15, 0.2) is 18.2 Å². The molecule has 0 saturated heterocycles. The lowest BCUT2D eigenvalue weighted by atomic mass is 9.83. The Morgan fingerprint density at radius 3 is 2.57 bits per heavy atom. The Hall–Kier alpha value is -1.30. The first-order valence-corrected chi connectivity index (χ1v) is 7.10. The SMILES string of the molecule is CC(NC1CCCCC1C(F)(F)F)c1cc(F)ccc1O. The molecule has 2 N–H and O–H groups in total. The Morgan fingerprint density at radius 1 is 1.24 bits per heavy atom. The smallest absolute Gasteiger partial charge is 0.393 e. The zero-order valence-electron chi connectivity index (χ0n) is 11.8. The minimum atomic E-state index is -4.23. The number of benzene rings is 1. The number of aromatic hydroxyl groups is 1. The molecule has 3 unspecified atom stereocenters. The van der Waals surface area contributed by atoms with Crippen LogP contribution < -0.4 is 5.32 Å². The Bertz CT molecular complexity index is 489. The zero-order chi connectivity index (χ0) is 15.6. The topological polar surface area (TPSA) is 32.3 Å².